The van der Waals surface area contributed by atoms with Crippen molar-refractivity contribution in [2.45, 2.75) is 75.4 Å². The van der Waals surface area contributed by atoms with E-state index in [2.05, 4.69) is 35.7 Å². The molecular formula is C29H34N8O4S. The fourth-order valence-corrected chi connectivity index (χ4v) is 6.54. The van der Waals surface area contributed by atoms with Gasteiger partial charge >= 0.3 is 0 Å². The molecule has 13 heteroatoms. The van der Waals surface area contributed by atoms with Gasteiger partial charge in [0.2, 0.25) is 0 Å². The molecule has 0 aromatic carbocycles. The molecule has 4 aromatic heterocycles. The maximum Gasteiger partial charge on any atom is 0.256 e. The van der Waals surface area contributed by atoms with Crippen molar-refractivity contribution in [2.24, 2.45) is 0 Å². The molecule has 4 aromatic rings. The molecule has 2 aliphatic carbocycles. The summed E-state index contributed by atoms with van der Waals surface area (Å²) in [5.74, 6) is 1.35. The van der Waals surface area contributed by atoms with Crippen molar-refractivity contribution in [2.75, 3.05) is 10.6 Å². The van der Waals surface area contributed by atoms with Crippen molar-refractivity contribution in [1.82, 2.24) is 29.1 Å². The van der Waals surface area contributed by atoms with Crippen molar-refractivity contribution in [3.63, 3.8) is 0 Å². The van der Waals surface area contributed by atoms with E-state index in [4.69, 9.17) is 0 Å². The van der Waals surface area contributed by atoms with Crippen LogP contribution >= 0.6 is 0 Å². The van der Waals surface area contributed by atoms with Crippen LogP contribution in [-0.4, -0.2) is 64.6 Å². The molecule has 0 radical (unpaired) electrons. The minimum atomic E-state index is -3.49. The van der Waals surface area contributed by atoms with Crippen molar-refractivity contribution in [1.29, 1.82) is 0 Å². The Morgan fingerprint density at radius 3 is 2.57 bits per heavy atom. The Balaban J connectivity index is 1.27. The maximum atomic E-state index is 12.5. The summed E-state index contributed by atoms with van der Waals surface area (Å²) in [5.41, 5.74) is 2.69. The van der Waals surface area contributed by atoms with Gasteiger partial charge in [-0.2, -0.15) is 9.19 Å². The van der Waals surface area contributed by atoms with E-state index < -0.39 is 21.7 Å². The number of aromatic nitrogens is 6. The zero-order chi connectivity index (χ0) is 29.5. The summed E-state index contributed by atoms with van der Waals surface area (Å²) in [5, 5.41) is 31.0. The van der Waals surface area contributed by atoms with Crippen LogP contribution in [0.2, 0.25) is 0 Å². The van der Waals surface area contributed by atoms with Crippen LogP contribution in [0, 0.1) is 0 Å². The molecule has 0 aliphatic heterocycles. The van der Waals surface area contributed by atoms with Crippen molar-refractivity contribution in [3.05, 3.63) is 60.8 Å². The first kappa shape index (κ1) is 28.2. The molecule has 0 bridgehead atoms. The van der Waals surface area contributed by atoms with E-state index in [1.165, 1.54) is 12.4 Å². The summed E-state index contributed by atoms with van der Waals surface area (Å²) in [6.45, 7) is 3.55. The number of hydrogen-bond donors (Lipinski definition) is 4. The lowest BCUT2D eigenvalue weighted by Gasteiger charge is -2.34. The lowest BCUT2D eigenvalue weighted by Crippen LogP contribution is -2.35. The monoisotopic (exact) mass is 590 g/mol. The van der Waals surface area contributed by atoms with Gasteiger partial charge in [0.05, 0.1) is 46.3 Å². The third kappa shape index (κ3) is 6.13. The molecule has 1 unspecified atom stereocenters. The first-order valence-electron chi connectivity index (χ1n) is 14.1. The highest BCUT2D eigenvalue weighted by Gasteiger charge is 2.37. The fourth-order valence-electron chi connectivity index (χ4n) is 5.06. The van der Waals surface area contributed by atoms with E-state index in [1.54, 1.807) is 31.5 Å². The largest absolute Gasteiger partial charge is 0.390 e. The Labute approximate surface area is 244 Å². The molecule has 4 heterocycles. The number of rotatable bonds is 9. The molecular weight excluding hydrogens is 556 g/mol. The Morgan fingerprint density at radius 1 is 1.05 bits per heavy atom. The number of aliphatic hydroxyl groups is 2. The number of aliphatic hydroxyl groups excluding tert-OH is 1. The minimum absolute atomic E-state index is 0.160. The van der Waals surface area contributed by atoms with Gasteiger partial charge in [-0.05, 0) is 70.6 Å². The molecule has 2 saturated carbocycles. The Kier molecular flexibility index (Phi) is 7.41. The molecule has 4 N–H and O–H groups in total. The Morgan fingerprint density at radius 2 is 1.83 bits per heavy atom. The van der Waals surface area contributed by atoms with Crippen LogP contribution in [0.5, 0.6) is 0 Å². The van der Waals surface area contributed by atoms with Crippen LogP contribution in [0.1, 0.15) is 64.2 Å². The third-order valence-electron chi connectivity index (χ3n) is 7.74. The predicted molar refractivity (Wildman–Crippen MR) is 158 cm³/mol. The Bertz CT molecular complexity index is 1690. The molecule has 220 valence electrons. The van der Waals surface area contributed by atoms with E-state index in [-0.39, 0.29) is 11.3 Å². The topological polar surface area (TPSA) is 168 Å². The van der Waals surface area contributed by atoms with E-state index in [1.807, 2.05) is 25.1 Å². The summed E-state index contributed by atoms with van der Waals surface area (Å²) < 4.78 is 26.1. The van der Waals surface area contributed by atoms with Crippen LogP contribution in [0.4, 0.5) is 17.3 Å². The lowest BCUT2D eigenvalue weighted by atomic mass is 9.83. The molecule has 12 nitrogen and oxygen atoms in total. The van der Waals surface area contributed by atoms with Crippen LogP contribution in [0.25, 0.3) is 22.6 Å². The fraction of sp³-hybridized carbons (Fsp3) is 0.414. The van der Waals surface area contributed by atoms with Gasteiger partial charge in [-0.1, -0.05) is 6.07 Å². The summed E-state index contributed by atoms with van der Waals surface area (Å²) in [7, 11) is -3.49. The quantitative estimate of drug-likeness (QED) is 0.222. The smallest absolute Gasteiger partial charge is 0.256 e. The molecule has 1 atom stereocenters. The van der Waals surface area contributed by atoms with Gasteiger partial charge in [0.15, 0.2) is 5.82 Å². The third-order valence-corrected chi connectivity index (χ3v) is 9.77. The van der Waals surface area contributed by atoms with Gasteiger partial charge in [0.25, 0.3) is 10.0 Å². The van der Waals surface area contributed by atoms with Gasteiger partial charge in [-0.15, -0.1) is 0 Å². The van der Waals surface area contributed by atoms with E-state index in [9.17, 15) is 18.6 Å². The molecule has 42 heavy (non-hydrogen) atoms. The molecule has 0 spiro atoms. The summed E-state index contributed by atoms with van der Waals surface area (Å²) in [6, 6.07) is 9.28. The van der Waals surface area contributed by atoms with Gasteiger partial charge in [0, 0.05) is 35.8 Å². The molecule has 0 amide bonds. The number of pyridine rings is 2. The highest BCUT2D eigenvalue weighted by molar-refractivity contribution is 7.90. The average molecular weight is 591 g/mol. The molecule has 0 saturated heterocycles. The Hall–Kier alpha value is -3.94. The second-order valence-corrected chi connectivity index (χ2v) is 13.5. The second kappa shape index (κ2) is 11.0. The van der Waals surface area contributed by atoms with Gasteiger partial charge < -0.3 is 20.8 Å². The first-order valence-corrected chi connectivity index (χ1v) is 15.6. The number of nitrogens with one attached hydrogen (secondary N) is 2. The van der Waals surface area contributed by atoms with Crippen molar-refractivity contribution < 1.29 is 18.6 Å². The number of nitrogens with zero attached hydrogens (tertiary/aromatic N) is 6. The van der Waals surface area contributed by atoms with E-state index >= 15 is 0 Å². The minimum Gasteiger partial charge on any atom is -0.390 e. The van der Waals surface area contributed by atoms with Gasteiger partial charge in [-0.25, -0.2) is 28.4 Å². The normalized spacial score (nSPS) is 21.6. The molecule has 6 rings (SSSR count). The zero-order valence-electron chi connectivity index (χ0n) is 23.5. The second-order valence-electron chi connectivity index (χ2n) is 11.4. The SMILES string of the molecule is CC(O)c1cccc(-c2cnc(Nc3ccnc(-c4cnn(S(=O)(=O)C5CC5)c4)n3)cc2NC2CCC(C)(O)CC2)n1. The summed E-state index contributed by atoms with van der Waals surface area (Å²) in [4.78, 5) is 18.1. The van der Waals surface area contributed by atoms with Gasteiger partial charge in [-0.3, -0.25) is 0 Å². The summed E-state index contributed by atoms with van der Waals surface area (Å²) >= 11 is 0. The van der Waals surface area contributed by atoms with Crippen LogP contribution in [0.15, 0.2) is 55.1 Å². The molecule has 2 fully saturated rings. The van der Waals surface area contributed by atoms with Crippen molar-refractivity contribution >= 4 is 27.3 Å². The van der Waals surface area contributed by atoms with Gasteiger partial charge in [0.1, 0.15) is 11.6 Å². The zero-order valence-corrected chi connectivity index (χ0v) is 24.3. The highest BCUT2D eigenvalue weighted by atomic mass is 32.2. The van der Waals surface area contributed by atoms with Crippen LogP contribution < -0.4 is 10.6 Å². The highest BCUT2D eigenvalue weighted by Crippen LogP contribution is 2.35. The van der Waals surface area contributed by atoms with E-state index in [0.717, 1.165) is 28.2 Å². The summed E-state index contributed by atoms with van der Waals surface area (Å²) in [6.07, 6.45) is 9.85. The number of hydrogen-bond acceptors (Lipinski definition) is 11. The average Bonchev–Trinajstić information content (AvgIpc) is 3.71. The lowest BCUT2D eigenvalue weighted by molar-refractivity contribution is 0.0196. The maximum absolute atomic E-state index is 12.5. The number of anilines is 3. The molecule has 2 aliphatic rings. The standard InChI is InChI=1S/C29H34N8O4S/c1-18(38)23-4-3-5-24(34-23)22-16-31-27(14-25(22)33-20-8-11-29(2,39)12-9-20)35-26-10-13-30-28(36-26)19-15-32-37(17-19)42(40,41)21-6-7-21/h3-5,10,13-18,20-21,38-39H,6-9,11-12H2,1-2H3,(H2,30,31,33,35,36). The van der Waals surface area contributed by atoms with Crippen LogP contribution in [-0.2, 0) is 10.0 Å². The van der Waals surface area contributed by atoms with E-state index in [0.29, 0.717) is 60.1 Å². The predicted octanol–water partition coefficient (Wildman–Crippen LogP) is 4.04. The van der Waals surface area contributed by atoms with Crippen LogP contribution in [0.3, 0.4) is 0 Å². The first-order chi connectivity index (χ1) is 20.1. The van der Waals surface area contributed by atoms with Crippen molar-refractivity contribution in [3.8, 4) is 22.6 Å².